The van der Waals surface area contributed by atoms with Crippen molar-refractivity contribution in [3.8, 4) is 5.75 Å². The number of carbonyl (C=O) groups excluding carboxylic acids is 2. The quantitative estimate of drug-likeness (QED) is 0.471. The van der Waals surface area contributed by atoms with Gasteiger partial charge in [0.2, 0.25) is 5.91 Å². The largest absolute Gasteiger partial charge is 0.507 e. The molecule has 3 aromatic rings. The molecule has 2 aromatic heterocycles. The minimum Gasteiger partial charge on any atom is -0.507 e. The molecule has 2 amide bonds. The molecular weight excluding hydrogens is 484 g/mol. The van der Waals surface area contributed by atoms with E-state index in [2.05, 4.69) is 36.6 Å². The third-order valence-corrected chi connectivity index (χ3v) is 6.64. The first-order chi connectivity index (χ1) is 14.9. The molecule has 162 valence electrons. The highest BCUT2D eigenvalue weighted by Gasteiger charge is 2.19. The zero-order chi connectivity index (χ0) is 22.0. The number of thiazole rings is 1. The topological polar surface area (TPSA) is 112 Å². The van der Waals surface area contributed by atoms with E-state index in [0.717, 1.165) is 31.5 Å². The Hall–Kier alpha value is -2.92. The van der Waals surface area contributed by atoms with Crippen molar-refractivity contribution in [2.45, 2.75) is 26.3 Å². The Bertz CT molecular complexity index is 1120. The number of carbonyl (C=O) groups is 2. The van der Waals surface area contributed by atoms with Crippen LogP contribution in [0.5, 0.6) is 5.75 Å². The summed E-state index contributed by atoms with van der Waals surface area (Å²) in [5.41, 5.74) is 1.32. The van der Waals surface area contributed by atoms with Crippen molar-refractivity contribution in [2.24, 2.45) is 0 Å². The Morgan fingerprint density at radius 1 is 1.26 bits per heavy atom. The number of aromatic hydroxyl groups is 1. The third-order valence-electron chi connectivity index (χ3n) is 4.93. The van der Waals surface area contributed by atoms with Gasteiger partial charge in [0.25, 0.3) is 5.91 Å². The molecule has 0 aliphatic carbocycles. The maximum Gasteiger partial charge on any atom is 0.267 e. The van der Waals surface area contributed by atoms with Gasteiger partial charge in [-0.1, -0.05) is 17.4 Å². The lowest BCUT2D eigenvalue weighted by molar-refractivity contribution is -0.130. The van der Waals surface area contributed by atoms with Crippen LogP contribution in [0.3, 0.4) is 0 Å². The number of hydrogen-bond acceptors (Lipinski definition) is 7. The standard InChI is InChI=1S/C20H21BrN6O3S/c1-12-4-5-13(28)17(21)18(12)24-19(30)14-10-22-20(31-14)23-15-6-9-27(25-15)11-16(29)26-7-2-3-8-26/h4-6,9-10,28H,2-3,7-8,11H2,1H3,(H,24,30)(H,22,23,25). The maximum atomic E-state index is 12.6. The summed E-state index contributed by atoms with van der Waals surface area (Å²) >= 11 is 4.47. The van der Waals surface area contributed by atoms with Crippen molar-refractivity contribution in [3.05, 3.63) is 45.5 Å². The molecule has 0 unspecified atom stereocenters. The van der Waals surface area contributed by atoms with E-state index in [9.17, 15) is 14.7 Å². The van der Waals surface area contributed by atoms with Gasteiger partial charge in [-0.05, 0) is 47.3 Å². The average Bonchev–Trinajstić information content (AvgIpc) is 3.50. The van der Waals surface area contributed by atoms with Crippen LogP contribution >= 0.6 is 27.3 Å². The lowest BCUT2D eigenvalue weighted by Gasteiger charge is -2.14. The normalized spacial score (nSPS) is 13.4. The Balaban J connectivity index is 1.38. The first-order valence-electron chi connectivity index (χ1n) is 9.74. The number of amides is 2. The molecule has 0 spiro atoms. The molecule has 4 rings (SSSR count). The molecule has 1 aromatic carbocycles. The average molecular weight is 505 g/mol. The number of anilines is 3. The number of nitrogens with one attached hydrogen (secondary N) is 2. The third kappa shape index (κ3) is 4.88. The van der Waals surface area contributed by atoms with Gasteiger partial charge in [0, 0.05) is 25.4 Å². The predicted octanol–water partition coefficient (Wildman–Crippen LogP) is 3.73. The van der Waals surface area contributed by atoms with E-state index in [1.165, 1.54) is 17.5 Å². The van der Waals surface area contributed by atoms with Crippen molar-refractivity contribution in [1.29, 1.82) is 0 Å². The highest BCUT2D eigenvalue weighted by molar-refractivity contribution is 9.10. The molecule has 9 nitrogen and oxygen atoms in total. The van der Waals surface area contributed by atoms with Crippen LogP contribution in [0.1, 0.15) is 28.1 Å². The van der Waals surface area contributed by atoms with Gasteiger partial charge in [-0.15, -0.1) is 0 Å². The van der Waals surface area contributed by atoms with Gasteiger partial charge in [0.15, 0.2) is 10.9 Å². The molecule has 1 saturated heterocycles. The van der Waals surface area contributed by atoms with Gasteiger partial charge in [-0.25, -0.2) is 4.98 Å². The predicted molar refractivity (Wildman–Crippen MR) is 122 cm³/mol. The van der Waals surface area contributed by atoms with Crippen molar-refractivity contribution in [1.82, 2.24) is 19.7 Å². The highest BCUT2D eigenvalue weighted by Crippen LogP contribution is 2.35. The minimum absolute atomic E-state index is 0.0476. The second-order valence-electron chi connectivity index (χ2n) is 7.19. The summed E-state index contributed by atoms with van der Waals surface area (Å²) in [5.74, 6) is 0.323. The molecule has 1 fully saturated rings. The molecule has 3 heterocycles. The summed E-state index contributed by atoms with van der Waals surface area (Å²) in [6.45, 7) is 3.66. The number of rotatable bonds is 6. The Kier molecular flexibility index (Phi) is 6.23. The smallest absolute Gasteiger partial charge is 0.267 e. The van der Waals surface area contributed by atoms with Crippen LogP contribution in [0.4, 0.5) is 16.6 Å². The van der Waals surface area contributed by atoms with Gasteiger partial charge < -0.3 is 20.6 Å². The molecule has 0 bridgehead atoms. The molecule has 0 saturated carbocycles. The van der Waals surface area contributed by atoms with Gasteiger partial charge in [-0.3, -0.25) is 14.3 Å². The van der Waals surface area contributed by atoms with Crippen molar-refractivity contribution < 1.29 is 14.7 Å². The second-order valence-corrected chi connectivity index (χ2v) is 9.01. The molecule has 31 heavy (non-hydrogen) atoms. The Labute approximate surface area is 191 Å². The second kappa shape index (κ2) is 9.06. The van der Waals surface area contributed by atoms with Crippen molar-refractivity contribution >= 4 is 55.7 Å². The lowest BCUT2D eigenvalue weighted by Crippen LogP contribution is -2.31. The zero-order valence-electron chi connectivity index (χ0n) is 16.8. The van der Waals surface area contributed by atoms with Crippen LogP contribution in [-0.2, 0) is 11.3 Å². The fourth-order valence-corrected chi connectivity index (χ4v) is 4.52. The number of nitrogens with zero attached hydrogens (tertiary/aromatic N) is 4. The van der Waals surface area contributed by atoms with E-state index < -0.39 is 0 Å². The fourth-order valence-electron chi connectivity index (χ4n) is 3.26. The fraction of sp³-hybridized carbons (Fsp3) is 0.300. The molecule has 0 radical (unpaired) electrons. The number of hydrogen-bond donors (Lipinski definition) is 3. The van der Waals surface area contributed by atoms with E-state index in [1.807, 2.05) is 11.8 Å². The van der Waals surface area contributed by atoms with E-state index >= 15 is 0 Å². The van der Waals surface area contributed by atoms with Gasteiger partial charge in [-0.2, -0.15) is 5.10 Å². The summed E-state index contributed by atoms with van der Waals surface area (Å²) in [7, 11) is 0. The number of aryl methyl sites for hydroxylation is 1. The molecule has 1 aliphatic heterocycles. The number of aromatic nitrogens is 3. The minimum atomic E-state index is -0.332. The van der Waals surface area contributed by atoms with E-state index in [1.54, 1.807) is 29.1 Å². The summed E-state index contributed by atoms with van der Waals surface area (Å²) in [6.07, 6.45) is 5.32. The number of benzene rings is 1. The van der Waals surface area contributed by atoms with Gasteiger partial charge in [0.05, 0.1) is 16.4 Å². The van der Waals surface area contributed by atoms with Crippen LogP contribution < -0.4 is 10.6 Å². The molecular formula is C20H21BrN6O3S. The summed E-state index contributed by atoms with van der Waals surface area (Å²) in [6, 6.07) is 5.04. The van der Waals surface area contributed by atoms with Crippen LogP contribution in [0.25, 0.3) is 0 Å². The molecule has 1 aliphatic rings. The first kappa shape index (κ1) is 21.3. The number of halogens is 1. The SMILES string of the molecule is Cc1ccc(O)c(Br)c1NC(=O)c1cnc(Nc2ccn(CC(=O)N3CCCC3)n2)s1. The number of likely N-dealkylation sites (tertiary alicyclic amines) is 1. The van der Waals surface area contributed by atoms with Crippen LogP contribution in [-0.4, -0.2) is 49.7 Å². The summed E-state index contributed by atoms with van der Waals surface area (Å²) < 4.78 is 2.02. The maximum absolute atomic E-state index is 12.6. The number of phenolic OH excluding ortho intramolecular Hbond substituents is 1. The molecule has 11 heteroatoms. The van der Waals surface area contributed by atoms with Crippen LogP contribution in [0.15, 0.2) is 35.1 Å². The van der Waals surface area contributed by atoms with Crippen molar-refractivity contribution in [2.75, 3.05) is 23.7 Å². The van der Waals surface area contributed by atoms with Gasteiger partial charge >= 0.3 is 0 Å². The Morgan fingerprint density at radius 3 is 2.81 bits per heavy atom. The highest BCUT2D eigenvalue weighted by atomic mass is 79.9. The van der Waals surface area contributed by atoms with Gasteiger partial charge in [0.1, 0.15) is 17.2 Å². The number of phenols is 1. The monoisotopic (exact) mass is 504 g/mol. The molecule has 3 N–H and O–H groups in total. The zero-order valence-corrected chi connectivity index (χ0v) is 19.2. The van der Waals surface area contributed by atoms with E-state index in [4.69, 9.17) is 0 Å². The lowest BCUT2D eigenvalue weighted by atomic mass is 10.2. The first-order valence-corrected chi connectivity index (χ1v) is 11.3. The van der Waals surface area contributed by atoms with Crippen molar-refractivity contribution in [3.63, 3.8) is 0 Å². The van der Waals surface area contributed by atoms with Crippen LogP contribution in [0, 0.1) is 6.92 Å². The molecule has 0 atom stereocenters. The van der Waals surface area contributed by atoms with E-state index in [0.29, 0.717) is 26.0 Å². The Morgan fingerprint density at radius 2 is 2.03 bits per heavy atom. The summed E-state index contributed by atoms with van der Waals surface area (Å²) in [5, 5.41) is 20.6. The van der Waals surface area contributed by atoms with E-state index in [-0.39, 0.29) is 24.1 Å². The summed E-state index contributed by atoms with van der Waals surface area (Å²) in [4.78, 5) is 31.4. The van der Waals surface area contributed by atoms with Crippen LogP contribution in [0.2, 0.25) is 0 Å².